The Morgan fingerprint density at radius 3 is 2.44 bits per heavy atom. The molecule has 0 spiro atoms. The number of aryl methyl sites for hydroxylation is 1. The van der Waals surface area contributed by atoms with Crippen LogP contribution in [-0.4, -0.2) is 15.7 Å². The summed E-state index contributed by atoms with van der Waals surface area (Å²) in [7, 11) is 0. The van der Waals surface area contributed by atoms with E-state index < -0.39 is 5.82 Å². The second-order valence-electron chi connectivity index (χ2n) is 7.94. The van der Waals surface area contributed by atoms with Gasteiger partial charge in [0.2, 0.25) is 5.91 Å². The second-order valence-corrected chi connectivity index (χ2v) is 7.94. The zero-order valence-electron chi connectivity index (χ0n) is 18.8. The maximum Gasteiger partial charge on any atom is 0.228 e. The fourth-order valence-corrected chi connectivity index (χ4v) is 3.80. The van der Waals surface area contributed by atoms with E-state index in [9.17, 15) is 13.6 Å². The van der Waals surface area contributed by atoms with E-state index in [1.54, 1.807) is 61.0 Å². The molecular weight excluding hydrogens is 434 g/mol. The van der Waals surface area contributed by atoms with Crippen LogP contribution in [0.15, 0.2) is 72.8 Å². The zero-order chi connectivity index (χ0) is 24.2. The lowest BCUT2D eigenvalue weighted by Crippen LogP contribution is -2.30. The van der Waals surface area contributed by atoms with Gasteiger partial charge in [0.1, 0.15) is 11.6 Å². The molecule has 0 bridgehead atoms. The van der Waals surface area contributed by atoms with E-state index in [-0.39, 0.29) is 24.7 Å². The van der Waals surface area contributed by atoms with E-state index >= 15 is 0 Å². The molecule has 170 valence electrons. The van der Waals surface area contributed by atoms with Crippen LogP contribution < -0.4 is 4.90 Å². The average Bonchev–Trinajstić information content (AvgIpc) is 3.27. The van der Waals surface area contributed by atoms with Gasteiger partial charge < -0.3 is 0 Å². The number of hydrogen-bond acceptors (Lipinski definition) is 3. The molecule has 0 aliphatic carbocycles. The third-order valence-corrected chi connectivity index (χ3v) is 5.38. The van der Waals surface area contributed by atoms with Crippen LogP contribution in [0.1, 0.15) is 30.0 Å². The van der Waals surface area contributed by atoms with Crippen LogP contribution in [0.25, 0.3) is 16.9 Å². The molecule has 7 heteroatoms. The SMILES string of the molecule is CCC(=O)N(Cc1cc(C)cc(F)c1)c1cc(-c2cccc(F)c2)n(-c2ccc(C#N)cc2)n1. The molecule has 0 atom stereocenters. The van der Waals surface area contributed by atoms with E-state index in [1.165, 1.54) is 29.2 Å². The molecule has 34 heavy (non-hydrogen) atoms. The third kappa shape index (κ3) is 4.86. The lowest BCUT2D eigenvalue weighted by atomic mass is 10.1. The van der Waals surface area contributed by atoms with Crippen molar-refractivity contribution in [3.63, 3.8) is 0 Å². The van der Waals surface area contributed by atoms with Gasteiger partial charge in [0, 0.05) is 18.1 Å². The highest BCUT2D eigenvalue weighted by atomic mass is 19.1. The minimum Gasteiger partial charge on any atom is -0.291 e. The van der Waals surface area contributed by atoms with Crippen molar-refractivity contribution in [1.82, 2.24) is 9.78 Å². The fraction of sp³-hybridized carbons (Fsp3) is 0.148. The van der Waals surface area contributed by atoms with Gasteiger partial charge in [-0.2, -0.15) is 5.26 Å². The third-order valence-electron chi connectivity index (χ3n) is 5.38. The largest absolute Gasteiger partial charge is 0.291 e. The molecule has 0 fully saturated rings. The van der Waals surface area contributed by atoms with E-state index in [2.05, 4.69) is 11.2 Å². The van der Waals surface area contributed by atoms with Crippen LogP contribution in [0.4, 0.5) is 14.6 Å². The molecule has 0 radical (unpaired) electrons. The molecule has 0 unspecified atom stereocenters. The number of halogens is 2. The first-order valence-corrected chi connectivity index (χ1v) is 10.8. The minimum absolute atomic E-state index is 0.137. The second kappa shape index (κ2) is 9.67. The summed E-state index contributed by atoms with van der Waals surface area (Å²) < 4.78 is 29.6. The molecule has 0 aliphatic heterocycles. The predicted octanol–water partition coefficient (Wildman–Crippen LogP) is 5.94. The maximum atomic E-state index is 14.0. The molecule has 5 nitrogen and oxygen atoms in total. The van der Waals surface area contributed by atoms with Crippen LogP contribution in [0.2, 0.25) is 0 Å². The average molecular weight is 456 g/mol. The van der Waals surface area contributed by atoms with Gasteiger partial charge in [-0.05, 0) is 66.6 Å². The predicted molar refractivity (Wildman–Crippen MR) is 126 cm³/mol. The lowest BCUT2D eigenvalue weighted by molar-refractivity contribution is -0.118. The van der Waals surface area contributed by atoms with Gasteiger partial charge in [-0.3, -0.25) is 9.69 Å². The number of aromatic nitrogens is 2. The Labute approximate surface area is 196 Å². The highest BCUT2D eigenvalue weighted by Gasteiger charge is 2.21. The Kier molecular flexibility index (Phi) is 6.51. The van der Waals surface area contributed by atoms with Crippen molar-refractivity contribution in [2.24, 2.45) is 0 Å². The summed E-state index contributed by atoms with van der Waals surface area (Å²) in [6.45, 7) is 3.68. The normalized spacial score (nSPS) is 10.7. The smallest absolute Gasteiger partial charge is 0.228 e. The van der Waals surface area contributed by atoms with Gasteiger partial charge in [-0.1, -0.05) is 25.1 Å². The van der Waals surface area contributed by atoms with Gasteiger partial charge in [-0.25, -0.2) is 13.5 Å². The summed E-state index contributed by atoms with van der Waals surface area (Å²) >= 11 is 0. The summed E-state index contributed by atoms with van der Waals surface area (Å²) in [5.41, 5.74) is 3.68. The minimum atomic E-state index is -0.400. The molecule has 0 N–H and O–H groups in total. The monoisotopic (exact) mass is 456 g/mol. The quantitative estimate of drug-likeness (QED) is 0.361. The molecular formula is C27H22F2N4O. The highest BCUT2D eigenvalue weighted by molar-refractivity contribution is 5.92. The zero-order valence-corrected chi connectivity index (χ0v) is 18.8. The Morgan fingerprint density at radius 2 is 1.79 bits per heavy atom. The van der Waals surface area contributed by atoms with Crippen LogP contribution in [0.5, 0.6) is 0 Å². The van der Waals surface area contributed by atoms with Crippen LogP contribution in [0, 0.1) is 29.9 Å². The number of nitrogens with zero attached hydrogens (tertiary/aromatic N) is 4. The Hall–Kier alpha value is -4.31. The van der Waals surface area contributed by atoms with Crippen LogP contribution in [-0.2, 0) is 11.3 Å². The number of carbonyl (C=O) groups excluding carboxylic acids is 1. The number of amides is 1. The van der Waals surface area contributed by atoms with Crippen molar-refractivity contribution >= 4 is 11.7 Å². The van der Waals surface area contributed by atoms with Crippen molar-refractivity contribution in [3.8, 4) is 23.0 Å². The molecule has 0 aliphatic rings. The van der Waals surface area contributed by atoms with Crippen molar-refractivity contribution in [2.75, 3.05) is 4.90 Å². The summed E-state index contributed by atoms with van der Waals surface area (Å²) in [6.07, 6.45) is 0.229. The summed E-state index contributed by atoms with van der Waals surface area (Å²) in [4.78, 5) is 14.4. The molecule has 1 aromatic heterocycles. The molecule has 4 rings (SSSR count). The topological polar surface area (TPSA) is 61.9 Å². The van der Waals surface area contributed by atoms with Gasteiger partial charge in [0.15, 0.2) is 5.82 Å². The van der Waals surface area contributed by atoms with Crippen molar-refractivity contribution in [3.05, 3.63) is 101 Å². The van der Waals surface area contributed by atoms with E-state index in [1.807, 2.05) is 6.07 Å². The molecule has 0 saturated carbocycles. The standard InChI is InChI=1S/C27H22F2N4O/c1-3-27(34)32(17-20-11-18(2)12-23(29)13-20)26-15-25(21-5-4-6-22(28)14-21)33(31-26)24-9-7-19(16-30)8-10-24/h4-15H,3,17H2,1-2H3. The molecule has 1 heterocycles. The number of hydrogen-bond donors (Lipinski definition) is 0. The van der Waals surface area contributed by atoms with Crippen molar-refractivity contribution in [1.29, 1.82) is 5.26 Å². The summed E-state index contributed by atoms with van der Waals surface area (Å²) in [6, 6.07) is 21.3. The highest BCUT2D eigenvalue weighted by Crippen LogP contribution is 2.29. The van der Waals surface area contributed by atoms with Crippen molar-refractivity contribution in [2.45, 2.75) is 26.8 Å². The van der Waals surface area contributed by atoms with Crippen LogP contribution >= 0.6 is 0 Å². The fourth-order valence-electron chi connectivity index (χ4n) is 3.80. The first-order chi connectivity index (χ1) is 16.4. The van der Waals surface area contributed by atoms with Gasteiger partial charge in [0.05, 0.1) is 29.6 Å². The summed E-state index contributed by atoms with van der Waals surface area (Å²) in [5.74, 6) is -0.597. The molecule has 0 saturated heterocycles. The van der Waals surface area contributed by atoms with Gasteiger partial charge in [0.25, 0.3) is 0 Å². The molecule has 3 aromatic carbocycles. The maximum absolute atomic E-state index is 14.0. The van der Waals surface area contributed by atoms with E-state index in [4.69, 9.17) is 5.26 Å². The Balaban J connectivity index is 1.84. The van der Waals surface area contributed by atoms with E-state index in [0.717, 1.165) is 5.56 Å². The first kappa shape index (κ1) is 22.9. The molecule has 4 aromatic rings. The number of anilines is 1. The lowest BCUT2D eigenvalue weighted by Gasteiger charge is -2.20. The van der Waals surface area contributed by atoms with E-state index in [0.29, 0.717) is 33.9 Å². The van der Waals surface area contributed by atoms with Gasteiger partial charge >= 0.3 is 0 Å². The summed E-state index contributed by atoms with van der Waals surface area (Å²) in [5, 5.41) is 13.8. The Bertz CT molecular complexity index is 1370. The number of benzene rings is 3. The number of nitriles is 1. The van der Waals surface area contributed by atoms with Gasteiger partial charge in [-0.15, -0.1) is 5.10 Å². The van der Waals surface area contributed by atoms with Crippen LogP contribution in [0.3, 0.4) is 0 Å². The molecule has 1 amide bonds. The Morgan fingerprint density at radius 1 is 1.03 bits per heavy atom. The number of rotatable bonds is 6. The first-order valence-electron chi connectivity index (χ1n) is 10.8. The number of carbonyl (C=O) groups is 1. The van der Waals surface area contributed by atoms with Crippen molar-refractivity contribution < 1.29 is 13.6 Å².